The molecule has 25 heavy (non-hydrogen) atoms. The first-order valence-corrected chi connectivity index (χ1v) is 8.42. The van der Waals surface area contributed by atoms with Crippen molar-refractivity contribution in [3.8, 4) is 0 Å². The van der Waals surface area contributed by atoms with Crippen LogP contribution >= 0.6 is 24.0 Å². The Hall–Kier alpha value is -1.66. The Labute approximate surface area is 159 Å². The molecular formula is C18H22Cl2N4O. The van der Waals surface area contributed by atoms with Crippen molar-refractivity contribution >= 4 is 35.6 Å². The number of benzene rings is 1. The summed E-state index contributed by atoms with van der Waals surface area (Å²) in [5.41, 5.74) is 2.77. The minimum Gasteiger partial charge on any atom is -0.325 e. The molecule has 0 saturated carbocycles. The minimum absolute atomic E-state index is 0. The molecule has 5 nitrogen and oxygen atoms in total. The van der Waals surface area contributed by atoms with Crippen molar-refractivity contribution in [2.45, 2.75) is 13.0 Å². The van der Waals surface area contributed by atoms with Gasteiger partial charge in [0, 0.05) is 48.8 Å². The summed E-state index contributed by atoms with van der Waals surface area (Å²) in [7, 11) is 0. The lowest BCUT2D eigenvalue weighted by molar-refractivity contribution is -0.118. The van der Waals surface area contributed by atoms with Crippen LogP contribution in [0.25, 0.3) is 0 Å². The molecule has 3 rings (SSSR count). The molecule has 1 aromatic carbocycles. The van der Waals surface area contributed by atoms with Crippen LogP contribution in [0.1, 0.15) is 17.2 Å². The normalized spacial score (nSPS) is 17.6. The molecule has 1 aliphatic heterocycles. The molecule has 134 valence electrons. The summed E-state index contributed by atoms with van der Waals surface area (Å²) >= 11 is 6.12. The highest BCUT2D eigenvalue weighted by Gasteiger charge is 2.25. The fourth-order valence-corrected chi connectivity index (χ4v) is 3.13. The van der Waals surface area contributed by atoms with Crippen LogP contribution in [-0.4, -0.2) is 42.0 Å². The minimum atomic E-state index is -0.0313. The number of rotatable bonds is 4. The molecule has 2 N–H and O–H groups in total. The number of amides is 1. The van der Waals surface area contributed by atoms with Gasteiger partial charge in [-0.3, -0.25) is 14.7 Å². The van der Waals surface area contributed by atoms with Crippen molar-refractivity contribution in [2.24, 2.45) is 0 Å². The lowest BCUT2D eigenvalue weighted by Gasteiger charge is -2.35. The zero-order chi connectivity index (χ0) is 16.9. The number of halogens is 2. The third kappa shape index (κ3) is 4.92. The van der Waals surface area contributed by atoms with E-state index >= 15 is 0 Å². The van der Waals surface area contributed by atoms with Gasteiger partial charge in [0.1, 0.15) is 0 Å². The summed E-state index contributed by atoms with van der Waals surface area (Å²) in [6.07, 6.45) is 3.63. The topological polar surface area (TPSA) is 57.3 Å². The molecule has 1 aromatic heterocycles. The van der Waals surface area contributed by atoms with Gasteiger partial charge in [-0.2, -0.15) is 0 Å². The SMILES string of the molecule is Cc1c(Cl)cccc1NC(=O)CN1CCNCC1c1cccnc1.Cl. The van der Waals surface area contributed by atoms with E-state index < -0.39 is 0 Å². The Morgan fingerprint density at radius 1 is 1.40 bits per heavy atom. The second-order valence-electron chi connectivity index (χ2n) is 5.94. The number of carbonyl (C=O) groups is 1. The molecule has 1 fully saturated rings. The van der Waals surface area contributed by atoms with E-state index in [4.69, 9.17) is 11.6 Å². The fraction of sp³-hybridized carbons (Fsp3) is 0.333. The third-order valence-corrected chi connectivity index (χ3v) is 4.72. The van der Waals surface area contributed by atoms with Crippen LogP contribution < -0.4 is 10.6 Å². The second kappa shape index (κ2) is 9.15. The molecule has 0 spiro atoms. The fourth-order valence-electron chi connectivity index (χ4n) is 2.95. The summed E-state index contributed by atoms with van der Waals surface area (Å²) in [6.45, 7) is 4.76. The predicted octanol–water partition coefficient (Wildman–Crippen LogP) is 3.05. The lowest BCUT2D eigenvalue weighted by Crippen LogP contribution is -2.48. The van der Waals surface area contributed by atoms with Crippen LogP contribution in [0.3, 0.4) is 0 Å². The van der Waals surface area contributed by atoms with Crippen LogP contribution in [0.4, 0.5) is 5.69 Å². The number of pyridine rings is 1. The average molecular weight is 381 g/mol. The average Bonchev–Trinajstić information content (AvgIpc) is 2.60. The van der Waals surface area contributed by atoms with E-state index in [1.54, 1.807) is 6.20 Å². The number of nitrogens with zero attached hydrogens (tertiary/aromatic N) is 2. The summed E-state index contributed by atoms with van der Waals surface area (Å²) in [5.74, 6) is -0.0313. The van der Waals surface area contributed by atoms with Gasteiger partial charge in [-0.25, -0.2) is 0 Å². The predicted molar refractivity (Wildman–Crippen MR) is 103 cm³/mol. The Morgan fingerprint density at radius 2 is 2.24 bits per heavy atom. The van der Waals surface area contributed by atoms with Crippen LogP contribution in [0.2, 0.25) is 5.02 Å². The third-order valence-electron chi connectivity index (χ3n) is 4.31. The van der Waals surface area contributed by atoms with E-state index in [0.717, 1.165) is 36.4 Å². The Kier molecular flexibility index (Phi) is 7.20. The van der Waals surface area contributed by atoms with E-state index in [0.29, 0.717) is 11.6 Å². The molecule has 7 heteroatoms. The number of aromatic nitrogens is 1. The van der Waals surface area contributed by atoms with Gasteiger partial charge in [-0.15, -0.1) is 12.4 Å². The maximum atomic E-state index is 12.5. The summed E-state index contributed by atoms with van der Waals surface area (Å²) in [6, 6.07) is 9.66. The van der Waals surface area contributed by atoms with Crippen molar-refractivity contribution in [3.63, 3.8) is 0 Å². The van der Waals surface area contributed by atoms with Gasteiger partial charge >= 0.3 is 0 Å². The van der Waals surface area contributed by atoms with Gasteiger partial charge in [0.2, 0.25) is 5.91 Å². The summed E-state index contributed by atoms with van der Waals surface area (Å²) in [4.78, 5) is 18.9. The van der Waals surface area contributed by atoms with Crippen LogP contribution in [0, 0.1) is 6.92 Å². The summed E-state index contributed by atoms with van der Waals surface area (Å²) < 4.78 is 0. The number of nitrogens with one attached hydrogen (secondary N) is 2. The Bertz CT molecular complexity index is 711. The van der Waals surface area contributed by atoms with Crippen LogP contribution in [0.15, 0.2) is 42.7 Å². The number of anilines is 1. The highest BCUT2D eigenvalue weighted by atomic mass is 35.5. The standard InChI is InChI=1S/C18H21ClN4O.ClH/c1-13-15(19)5-2-6-16(13)22-18(24)12-23-9-8-21-11-17(23)14-4-3-7-20-10-14;/h2-7,10,17,21H,8-9,11-12H2,1H3,(H,22,24);1H. The second-order valence-corrected chi connectivity index (χ2v) is 6.34. The zero-order valence-electron chi connectivity index (χ0n) is 14.0. The number of hydrogen-bond donors (Lipinski definition) is 2. The number of hydrogen-bond acceptors (Lipinski definition) is 4. The summed E-state index contributed by atoms with van der Waals surface area (Å²) in [5, 5.41) is 7.01. The van der Waals surface area contributed by atoms with Crippen molar-refractivity contribution in [1.29, 1.82) is 0 Å². The molecule has 0 radical (unpaired) electrons. The molecule has 1 saturated heterocycles. The molecule has 2 heterocycles. The highest BCUT2D eigenvalue weighted by Crippen LogP contribution is 2.24. The smallest absolute Gasteiger partial charge is 0.238 e. The van der Waals surface area contributed by atoms with Crippen molar-refractivity contribution < 1.29 is 4.79 Å². The van der Waals surface area contributed by atoms with Gasteiger partial charge in [-0.05, 0) is 36.2 Å². The largest absolute Gasteiger partial charge is 0.325 e. The maximum absolute atomic E-state index is 12.5. The van der Waals surface area contributed by atoms with E-state index in [-0.39, 0.29) is 24.4 Å². The molecular weight excluding hydrogens is 359 g/mol. The van der Waals surface area contributed by atoms with Gasteiger partial charge in [0.05, 0.1) is 6.54 Å². The molecule has 0 aliphatic carbocycles. The highest BCUT2D eigenvalue weighted by molar-refractivity contribution is 6.31. The quantitative estimate of drug-likeness (QED) is 0.855. The van der Waals surface area contributed by atoms with Crippen LogP contribution in [-0.2, 0) is 4.79 Å². The van der Waals surface area contributed by atoms with E-state index in [2.05, 4.69) is 26.6 Å². The lowest BCUT2D eigenvalue weighted by atomic mass is 10.1. The molecule has 2 aromatic rings. The maximum Gasteiger partial charge on any atom is 0.238 e. The molecule has 1 aliphatic rings. The van der Waals surface area contributed by atoms with Gasteiger partial charge in [0.15, 0.2) is 0 Å². The molecule has 1 amide bonds. The van der Waals surface area contributed by atoms with Gasteiger partial charge in [-0.1, -0.05) is 23.7 Å². The molecule has 1 unspecified atom stereocenters. The molecule has 0 bridgehead atoms. The van der Waals surface area contributed by atoms with Gasteiger partial charge < -0.3 is 10.6 Å². The van der Waals surface area contributed by atoms with E-state index in [1.807, 2.05) is 37.4 Å². The van der Waals surface area contributed by atoms with Crippen molar-refractivity contribution in [3.05, 3.63) is 58.9 Å². The first kappa shape index (κ1) is 19.7. The number of carbonyl (C=O) groups excluding carboxylic acids is 1. The number of piperazine rings is 1. The zero-order valence-corrected chi connectivity index (χ0v) is 15.6. The Morgan fingerprint density at radius 3 is 3.00 bits per heavy atom. The first-order valence-electron chi connectivity index (χ1n) is 8.05. The van der Waals surface area contributed by atoms with E-state index in [9.17, 15) is 4.79 Å². The van der Waals surface area contributed by atoms with Crippen molar-refractivity contribution in [1.82, 2.24) is 15.2 Å². The monoisotopic (exact) mass is 380 g/mol. The first-order chi connectivity index (χ1) is 11.6. The van der Waals surface area contributed by atoms with Crippen molar-refractivity contribution in [2.75, 3.05) is 31.5 Å². The van der Waals surface area contributed by atoms with Crippen LogP contribution in [0.5, 0.6) is 0 Å². The Balaban J connectivity index is 0.00000225. The van der Waals surface area contributed by atoms with Gasteiger partial charge in [0.25, 0.3) is 0 Å². The molecule has 1 atom stereocenters. The van der Waals surface area contributed by atoms with E-state index in [1.165, 1.54) is 0 Å².